The van der Waals surface area contributed by atoms with Crippen LogP contribution in [0.25, 0.3) is 0 Å². The quantitative estimate of drug-likeness (QED) is 0.430. The fourth-order valence-corrected chi connectivity index (χ4v) is 0.754. The van der Waals surface area contributed by atoms with Crippen molar-refractivity contribution in [2.75, 3.05) is 19.8 Å². The highest BCUT2D eigenvalue weighted by Crippen LogP contribution is 2.00. The number of hydroxylamine groups is 1. The Labute approximate surface area is 99.6 Å². The van der Waals surface area contributed by atoms with Crippen molar-refractivity contribution in [3.63, 3.8) is 0 Å². The van der Waals surface area contributed by atoms with E-state index in [0.29, 0.717) is 6.61 Å². The number of carbonyl (C=O) groups excluding carboxylic acids is 2. The van der Waals surface area contributed by atoms with Gasteiger partial charge in [0, 0.05) is 0 Å². The zero-order chi connectivity index (χ0) is 13.1. The first kappa shape index (κ1) is 15.1. The van der Waals surface area contributed by atoms with Crippen LogP contribution in [0.2, 0.25) is 0 Å². The van der Waals surface area contributed by atoms with Gasteiger partial charge in [-0.25, -0.2) is 9.59 Å². The number of ether oxygens (including phenoxy) is 3. The van der Waals surface area contributed by atoms with Crippen LogP contribution in [0, 0.1) is 0 Å². The lowest BCUT2D eigenvalue weighted by atomic mass is 10.5. The summed E-state index contributed by atoms with van der Waals surface area (Å²) in [6, 6.07) is 0. The molecule has 0 rings (SSSR count). The minimum atomic E-state index is -0.867. The fraction of sp³-hybridized carbons (Fsp3) is 0.600. The van der Waals surface area contributed by atoms with E-state index in [2.05, 4.69) is 9.57 Å². The second kappa shape index (κ2) is 9.32. The third-order valence-electron chi connectivity index (χ3n) is 1.36. The molecule has 0 saturated heterocycles. The van der Waals surface area contributed by atoms with Gasteiger partial charge in [0.2, 0.25) is 5.76 Å². The van der Waals surface area contributed by atoms with E-state index in [-0.39, 0.29) is 19.0 Å². The van der Waals surface area contributed by atoms with E-state index in [0.717, 1.165) is 6.26 Å². The van der Waals surface area contributed by atoms with Gasteiger partial charge in [0.05, 0.1) is 19.8 Å². The molecule has 0 aromatic carbocycles. The van der Waals surface area contributed by atoms with Crippen LogP contribution in [0.5, 0.6) is 0 Å². The van der Waals surface area contributed by atoms with Crippen molar-refractivity contribution in [2.24, 2.45) is 0 Å². The monoisotopic (exact) mass is 247 g/mol. The van der Waals surface area contributed by atoms with Gasteiger partial charge in [0.15, 0.2) is 0 Å². The Morgan fingerprint density at radius 3 is 2.24 bits per heavy atom. The molecule has 7 nitrogen and oxygen atoms in total. The Balaban J connectivity index is 4.18. The third kappa shape index (κ3) is 7.04. The minimum absolute atomic E-state index is 0.133. The number of carbonyl (C=O) groups is 2. The Morgan fingerprint density at radius 1 is 1.06 bits per heavy atom. The van der Waals surface area contributed by atoms with Crippen molar-refractivity contribution in [3.8, 4) is 0 Å². The van der Waals surface area contributed by atoms with Crippen molar-refractivity contribution < 1.29 is 28.6 Å². The van der Waals surface area contributed by atoms with Gasteiger partial charge in [0.25, 0.3) is 0 Å². The Hall–Kier alpha value is -1.92. The Kier molecular flexibility index (Phi) is 8.26. The molecule has 0 bridgehead atoms. The molecule has 0 atom stereocenters. The molecule has 0 aromatic rings. The van der Waals surface area contributed by atoms with Gasteiger partial charge in [-0.2, -0.15) is 0 Å². The lowest BCUT2D eigenvalue weighted by molar-refractivity contribution is -0.149. The van der Waals surface area contributed by atoms with Crippen LogP contribution in [0.15, 0.2) is 12.0 Å². The highest BCUT2D eigenvalue weighted by atomic mass is 16.7. The molecule has 0 aliphatic carbocycles. The number of amides is 1. The molecule has 1 amide bonds. The summed E-state index contributed by atoms with van der Waals surface area (Å²) in [6.07, 6.45) is 0.270. The lowest BCUT2D eigenvalue weighted by Crippen LogP contribution is -2.29. The molecule has 0 heterocycles. The molecule has 0 radical (unpaired) electrons. The van der Waals surface area contributed by atoms with Crippen molar-refractivity contribution in [3.05, 3.63) is 12.0 Å². The van der Waals surface area contributed by atoms with E-state index in [1.807, 2.05) is 5.48 Å². The van der Waals surface area contributed by atoms with Crippen LogP contribution < -0.4 is 5.48 Å². The van der Waals surface area contributed by atoms with Crippen molar-refractivity contribution in [1.29, 1.82) is 0 Å². The molecular weight excluding hydrogens is 230 g/mol. The van der Waals surface area contributed by atoms with Crippen LogP contribution >= 0.6 is 0 Å². The highest BCUT2D eigenvalue weighted by Gasteiger charge is 2.15. The summed E-state index contributed by atoms with van der Waals surface area (Å²) in [4.78, 5) is 26.7. The molecular formula is C10H17NO6. The van der Waals surface area contributed by atoms with E-state index in [1.165, 1.54) is 0 Å². The van der Waals surface area contributed by atoms with Crippen LogP contribution in [-0.2, 0) is 23.8 Å². The average molecular weight is 247 g/mol. The van der Waals surface area contributed by atoms with Gasteiger partial charge >= 0.3 is 12.1 Å². The fourth-order valence-electron chi connectivity index (χ4n) is 0.754. The molecule has 0 saturated carbocycles. The second-order valence-electron chi connectivity index (χ2n) is 2.58. The van der Waals surface area contributed by atoms with Gasteiger partial charge in [-0.1, -0.05) is 0 Å². The molecule has 98 valence electrons. The lowest BCUT2D eigenvalue weighted by Gasteiger charge is -2.08. The van der Waals surface area contributed by atoms with Crippen LogP contribution in [0.1, 0.15) is 20.8 Å². The van der Waals surface area contributed by atoms with E-state index in [9.17, 15) is 9.59 Å². The van der Waals surface area contributed by atoms with E-state index in [1.54, 1.807) is 20.8 Å². The van der Waals surface area contributed by atoms with Gasteiger partial charge in [-0.05, 0) is 20.8 Å². The Morgan fingerprint density at radius 2 is 1.71 bits per heavy atom. The van der Waals surface area contributed by atoms with E-state index >= 15 is 0 Å². The van der Waals surface area contributed by atoms with Gasteiger partial charge in [-0.3, -0.25) is 0 Å². The first-order valence-electron chi connectivity index (χ1n) is 5.24. The predicted octanol–water partition coefficient (Wildman–Crippen LogP) is 1.11. The summed E-state index contributed by atoms with van der Waals surface area (Å²) < 4.78 is 14.4. The average Bonchev–Trinajstić information content (AvgIpc) is 2.32. The van der Waals surface area contributed by atoms with Crippen molar-refractivity contribution in [1.82, 2.24) is 5.48 Å². The zero-order valence-electron chi connectivity index (χ0n) is 10.1. The molecule has 17 heavy (non-hydrogen) atoms. The number of rotatable bonds is 6. The largest absolute Gasteiger partial charge is 0.497 e. The first-order chi connectivity index (χ1) is 8.15. The normalized spacial score (nSPS) is 10.4. The molecule has 7 heteroatoms. The van der Waals surface area contributed by atoms with Crippen LogP contribution in [-0.4, -0.2) is 31.9 Å². The summed E-state index contributed by atoms with van der Waals surface area (Å²) in [5.41, 5.74) is 1.81. The highest BCUT2D eigenvalue weighted by molar-refractivity contribution is 5.86. The topological polar surface area (TPSA) is 83.1 Å². The maximum Gasteiger partial charge on any atom is 0.440 e. The summed E-state index contributed by atoms with van der Waals surface area (Å²) in [5.74, 6) is -1.00. The summed E-state index contributed by atoms with van der Waals surface area (Å²) in [6.45, 7) is 5.91. The smallest absolute Gasteiger partial charge is 0.440 e. The summed E-state index contributed by atoms with van der Waals surface area (Å²) >= 11 is 0. The van der Waals surface area contributed by atoms with Gasteiger partial charge < -0.3 is 19.0 Å². The molecule has 1 N–H and O–H groups in total. The SMILES string of the molecule is CCOC=C(OCC)C(=O)ONC(=O)OCC. The molecule has 0 fully saturated rings. The second-order valence-corrected chi connectivity index (χ2v) is 2.58. The van der Waals surface area contributed by atoms with E-state index < -0.39 is 12.1 Å². The predicted molar refractivity (Wildman–Crippen MR) is 57.6 cm³/mol. The first-order valence-corrected chi connectivity index (χ1v) is 5.24. The molecule has 0 aromatic heterocycles. The number of nitrogens with one attached hydrogen (secondary N) is 1. The van der Waals surface area contributed by atoms with E-state index in [4.69, 9.17) is 9.47 Å². The maximum absolute atomic E-state index is 11.4. The summed E-state index contributed by atoms with van der Waals surface area (Å²) in [5, 5.41) is 0. The standard InChI is InChI=1S/C10H17NO6/c1-4-14-7-8(15-5-2)9(12)17-11-10(13)16-6-3/h7H,4-6H2,1-3H3,(H,11,13). The van der Waals surface area contributed by atoms with Crippen LogP contribution in [0.3, 0.4) is 0 Å². The van der Waals surface area contributed by atoms with Gasteiger partial charge in [-0.15, -0.1) is 5.48 Å². The third-order valence-corrected chi connectivity index (χ3v) is 1.36. The van der Waals surface area contributed by atoms with Crippen molar-refractivity contribution in [2.45, 2.75) is 20.8 Å². The number of hydrogen-bond donors (Lipinski definition) is 1. The molecule has 0 aliphatic heterocycles. The molecule has 0 spiro atoms. The van der Waals surface area contributed by atoms with Crippen molar-refractivity contribution >= 4 is 12.1 Å². The number of hydrogen-bond acceptors (Lipinski definition) is 6. The minimum Gasteiger partial charge on any atom is -0.497 e. The Bertz CT molecular complexity index is 276. The molecule has 0 unspecified atom stereocenters. The molecule has 0 aliphatic rings. The summed E-state index contributed by atoms with van der Waals surface area (Å²) in [7, 11) is 0. The zero-order valence-corrected chi connectivity index (χ0v) is 10.1. The maximum atomic E-state index is 11.4. The van der Waals surface area contributed by atoms with Crippen LogP contribution in [0.4, 0.5) is 4.79 Å². The van der Waals surface area contributed by atoms with Gasteiger partial charge in [0.1, 0.15) is 6.26 Å².